The third-order valence-electron chi connectivity index (χ3n) is 2.47. The van der Waals surface area contributed by atoms with Gasteiger partial charge in [-0.1, -0.05) is 23.2 Å². The lowest BCUT2D eigenvalue weighted by molar-refractivity contribution is -0.471. The van der Waals surface area contributed by atoms with E-state index < -0.39 is 17.5 Å². The molecule has 0 bridgehead atoms. The van der Waals surface area contributed by atoms with Gasteiger partial charge in [-0.25, -0.2) is 4.79 Å². The van der Waals surface area contributed by atoms with Gasteiger partial charge < -0.3 is 10.2 Å². The summed E-state index contributed by atoms with van der Waals surface area (Å²) in [6.45, 7) is 0. The summed E-state index contributed by atoms with van der Waals surface area (Å²) in [6.07, 6.45) is 0. The van der Waals surface area contributed by atoms with Gasteiger partial charge in [-0.3, -0.25) is 14.8 Å². The van der Waals surface area contributed by atoms with Crippen molar-refractivity contribution in [1.29, 1.82) is 0 Å². The Labute approximate surface area is 132 Å². The Hall–Kier alpha value is -1.86. The highest BCUT2D eigenvalue weighted by atomic mass is 35.5. The van der Waals surface area contributed by atoms with Crippen LogP contribution in [0.1, 0.15) is 0 Å². The molecule has 1 aromatic carbocycles. The highest BCUT2D eigenvalue weighted by molar-refractivity contribution is 6.41. The summed E-state index contributed by atoms with van der Waals surface area (Å²) in [4.78, 5) is 13.7. The van der Waals surface area contributed by atoms with E-state index in [1.165, 1.54) is 0 Å². The number of nitrogens with zero attached hydrogens (tertiary/aromatic N) is 2. The summed E-state index contributed by atoms with van der Waals surface area (Å²) >= 11 is 11.7. The van der Waals surface area contributed by atoms with E-state index in [4.69, 9.17) is 23.2 Å². The zero-order chi connectivity index (χ0) is 16.3. The van der Waals surface area contributed by atoms with Crippen LogP contribution in [-0.2, 0) is 0 Å². The summed E-state index contributed by atoms with van der Waals surface area (Å²) in [7, 11) is 7.04. The number of guanidine groups is 1. The lowest BCUT2D eigenvalue weighted by Gasteiger charge is -2.14. The predicted molar refractivity (Wildman–Crippen MR) is 82.7 cm³/mol. The van der Waals surface area contributed by atoms with Gasteiger partial charge in [0.05, 0.1) is 33.9 Å². The Morgan fingerprint density at radius 1 is 1.19 bits per heavy atom. The molecule has 0 saturated carbocycles. The quantitative estimate of drug-likeness (QED) is 0.357. The fourth-order valence-electron chi connectivity index (χ4n) is 1.59. The van der Waals surface area contributed by atoms with Gasteiger partial charge in [0.1, 0.15) is 21.5 Å². The molecule has 0 saturated heterocycles. The third-order valence-corrected chi connectivity index (χ3v) is 3.24. The minimum atomic E-state index is -0.624. The summed E-state index contributed by atoms with van der Waals surface area (Å²) in [6, 6.07) is 0.367. The molecule has 9 heteroatoms. The molecule has 0 aromatic heterocycles. The van der Waals surface area contributed by atoms with E-state index >= 15 is 0 Å². The highest BCUT2D eigenvalue weighted by Gasteiger charge is 2.21. The van der Waals surface area contributed by atoms with Crippen LogP contribution in [0, 0.1) is 0 Å². The average Bonchev–Trinajstić information content (AvgIpc) is 2.38. The lowest BCUT2D eigenvalue weighted by atomic mass is 10.2. The van der Waals surface area contributed by atoms with Crippen LogP contribution in [0.3, 0.4) is 0 Å². The first-order chi connectivity index (χ1) is 9.65. The average molecular weight is 336 g/mol. The molecule has 7 nitrogen and oxygen atoms in total. The summed E-state index contributed by atoms with van der Waals surface area (Å²) in [5.74, 6) is -0.263. The smallest absolute Gasteiger partial charge is 0.384 e. The molecule has 0 unspecified atom stereocenters. The van der Waals surface area contributed by atoms with Gasteiger partial charge in [-0.2, -0.15) is 5.32 Å². The lowest BCUT2D eigenvalue weighted by Crippen LogP contribution is -2.46. The number of amides is 2. The zero-order valence-corrected chi connectivity index (χ0v) is 13.5. The van der Waals surface area contributed by atoms with Crippen molar-refractivity contribution in [2.45, 2.75) is 0 Å². The monoisotopic (exact) mass is 335 g/mol. The second-order valence-electron chi connectivity index (χ2n) is 4.61. The maximum atomic E-state index is 12.0. The highest BCUT2D eigenvalue weighted by Crippen LogP contribution is 2.42. The normalized spacial score (nSPS) is 10.0. The molecule has 0 fully saturated rings. The molecule has 0 aliphatic carbocycles. The number of rotatable bonds is 1. The van der Waals surface area contributed by atoms with E-state index in [0.29, 0.717) is 5.96 Å². The van der Waals surface area contributed by atoms with Crippen LogP contribution in [-0.4, -0.2) is 59.9 Å². The number of carbonyl (C=O) groups is 1. The third kappa shape index (κ3) is 4.05. The molecule has 0 atom stereocenters. The molecule has 0 spiro atoms. The number of anilines is 1. The van der Waals surface area contributed by atoms with Gasteiger partial charge >= 0.3 is 12.0 Å². The van der Waals surface area contributed by atoms with Gasteiger partial charge in [-0.05, 0) is 0 Å². The van der Waals surface area contributed by atoms with E-state index in [0.717, 1.165) is 6.07 Å². The van der Waals surface area contributed by atoms with Crippen LogP contribution in [0.2, 0.25) is 10.0 Å². The van der Waals surface area contributed by atoms with Crippen molar-refractivity contribution >= 4 is 40.9 Å². The predicted octanol–water partition coefficient (Wildman–Crippen LogP) is 1.72. The molecule has 21 heavy (non-hydrogen) atoms. The Morgan fingerprint density at radius 2 is 1.67 bits per heavy atom. The maximum Gasteiger partial charge on any atom is 0.384 e. The van der Waals surface area contributed by atoms with E-state index in [2.05, 4.69) is 10.6 Å². The summed E-state index contributed by atoms with van der Waals surface area (Å²) in [5, 5.41) is 23.7. The fourth-order valence-corrected chi connectivity index (χ4v) is 2.03. The molecule has 116 valence electrons. The Morgan fingerprint density at radius 3 is 2.05 bits per heavy atom. The molecular weight excluding hydrogens is 319 g/mol. The van der Waals surface area contributed by atoms with Crippen LogP contribution >= 0.6 is 23.2 Å². The van der Waals surface area contributed by atoms with Crippen LogP contribution in [0.4, 0.5) is 10.5 Å². The molecule has 0 aliphatic heterocycles. The second kappa shape index (κ2) is 6.73. The van der Waals surface area contributed by atoms with Crippen LogP contribution in [0.5, 0.6) is 11.5 Å². The van der Waals surface area contributed by atoms with Gasteiger partial charge in [0.2, 0.25) is 0 Å². The van der Waals surface area contributed by atoms with Gasteiger partial charge in [-0.15, -0.1) is 0 Å². The number of urea groups is 1. The van der Waals surface area contributed by atoms with E-state index in [1.54, 1.807) is 37.7 Å². The molecule has 1 aromatic rings. The first-order valence-electron chi connectivity index (χ1n) is 5.84. The van der Waals surface area contributed by atoms with Crippen LogP contribution in [0.15, 0.2) is 6.07 Å². The number of nitrogens with one attached hydrogen (secondary N) is 2. The molecule has 1 rings (SSSR count). The number of phenols is 2. The van der Waals surface area contributed by atoms with E-state index in [1.807, 2.05) is 0 Å². The van der Waals surface area contributed by atoms with Crippen molar-refractivity contribution in [3.63, 3.8) is 0 Å². The number of halogens is 2. The SMILES string of the molecule is CN(C)C(NC(=O)Nc1c(Cl)c(O)cc(O)c1Cl)=[N+](C)C. The second-order valence-corrected chi connectivity index (χ2v) is 5.37. The number of hydrogen-bond donors (Lipinski definition) is 4. The van der Waals surface area contributed by atoms with Crippen molar-refractivity contribution in [2.24, 2.45) is 0 Å². The summed E-state index contributed by atoms with van der Waals surface area (Å²) in [5.41, 5.74) is -0.0785. The molecular formula is C12H17Cl2N4O3+. The van der Waals surface area contributed by atoms with Crippen molar-refractivity contribution in [2.75, 3.05) is 33.5 Å². The molecule has 2 amide bonds. The minimum Gasteiger partial charge on any atom is -0.506 e. The fraction of sp³-hybridized carbons (Fsp3) is 0.333. The van der Waals surface area contributed by atoms with E-state index in [-0.39, 0.29) is 15.7 Å². The number of benzene rings is 1. The van der Waals surface area contributed by atoms with Crippen molar-refractivity contribution in [1.82, 2.24) is 10.2 Å². The van der Waals surface area contributed by atoms with Crippen molar-refractivity contribution < 1.29 is 19.6 Å². The topological polar surface area (TPSA) is 87.8 Å². The Kier molecular flexibility index (Phi) is 5.51. The summed E-state index contributed by atoms with van der Waals surface area (Å²) < 4.78 is 1.70. The van der Waals surface area contributed by atoms with Crippen molar-refractivity contribution in [3.8, 4) is 11.5 Å². The van der Waals surface area contributed by atoms with E-state index in [9.17, 15) is 15.0 Å². The van der Waals surface area contributed by atoms with Gasteiger partial charge in [0.15, 0.2) is 0 Å². The van der Waals surface area contributed by atoms with Gasteiger partial charge in [0.25, 0.3) is 0 Å². The van der Waals surface area contributed by atoms with Gasteiger partial charge in [0, 0.05) is 6.07 Å². The number of carbonyl (C=O) groups excluding carboxylic acids is 1. The molecule has 0 radical (unpaired) electrons. The number of phenolic OH excluding ortho intramolecular Hbond substituents is 2. The Balaban J connectivity index is 3.03. The Bertz CT molecular complexity index is 572. The van der Waals surface area contributed by atoms with Crippen molar-refractivity contribution in [3.05, 3.63) is 16.1 Å². The largest absolute Gasteiger partial charge is 0.506 e. The minimum absolute atomic E-state index is 0.0785. The first kappa shape index (κ1) is 17.2. The molecule has 0 aliphatic rings. The van der Waals surface area contributed by atoms with Crippen LogP contribution < -0.4 is 10.6 Å². The molecule has 0 heterocycles. The standard InChI is InChI=1S/C12H16Cl2N4O3/c1-17(2)12(18(3)4)16-11(21)15-10-8(13)6(19)5-7(20)9(10)14/h5H,1-4H3,(H3,15,19,20,21)/p+1. The van der Waals surface area contributed by atoms with Crippen LogP contribution in [0.25, 0.3) is 0 Å². The number of hydrogen-bond acceptors (Lipinski definition) is 3. The first-order valence-corrected chi connectivity index (χ1v) is 6.60. The molecule has 4 N–H and O–H groups in total. The number of aromatic hydroxyl groups is 2. The zero-order valence-electron chi connectivity index (χ0n) is 12.0. The maximum absolute atomic E-state index is 12.0.